The number of aryl methyl sites for hydroxylation is 1. The Morgan fingerprint density at radius 2 is 2.14 bits per heavy atom. The molecular weight excluding hydrogens is 282 g/mol. The molecule has 5 heteroatoms. The third-order valence-electron chi connectivity index (χ3n) is 3.42. The van der Waals surface area contributed by atoms with Crippen molar-refractivity contribution in [1.82, 2.24) is 9.88 Å². The molecular formula is C16H21N3OS. The van der Waals surface area contributed by atoms with Crippen LogP contribution in [0.3, 0.4) is 0 Å². The average molecular weight is 303 g/mol. The summed E-state index contributed by atoms with van der Waals surface area (Å²) in [5.74, 6) is -0.0381. The van der Waals surface area contributed by atoms with E-state index in [4.69, 9.17) is 5.73 Å². The quantitative estimate of drug-likeness (QED) is 0.923. The van der Waals surface area contributed by atoms with Gasteiger partial charge in [-0.15, -0.1) is 11.3 Å². The number of rotatable bonds is 5. The fourth-order valence-corrected chi connectivity index (χ4v) is 2.83. The van der Waals surface area contributed by atoms with Crippen molar-refractivity contribution in [2.24, 2.45) is 5.73 Å². The lowest BCUT2D eigenvalue weighted by molar-refractivity contribution is 0.0747. The van der Waals surface area contributed by atoms with Gasteiger partial charge >= 0.3 is 0 Å². The molecule has 0 saturated carbocycles. The fourth-order valence-electron chi connectivity index (χ4n) is 2.08. The van der Waals surface area contributed by atoms with E-state index in [9.17, 15) is 4.79 Å². The molecule has 0 aliphatic carbocycles. The molecule has 21 heavy (non-hydrogen) atoms. The number of thiazole rings is 1. The van der Waals surface area contributed by atoms with Gasteiger partial charge in [-0.3, -0.25) is 4.79 Å². The normalized spacial score (nSPS) is 12.2. The molecule has 0 spiro atoms. The lowest BCUT2D eigenvalue weighted by Crippen LogP contribution is -2.30. The van der Waals surface area contributed by atoms with E-state index in [0.717, 1.165) is 10.6 Å². The molecule has 2 rings (SSSR count). The van der Waals surface area contributed by atoms with Gasteiger partial charge in [0.1, 0.15) is 10.7 Å². The first-order valence-corrected chi connectivity index (χ1v) is 7.95. The van der Waals surface area contributed by atoms with Crippen LogP contribution < -0.4 is 5.73 Å². The molecule has 0 saturated heterocycles. The molecule has 1 heterocycles. The first-order valence-electron chi connectivity index (χ1n) is 7.07. The molecule has 0 radical (unpaired) electrons. The Labute approximate surface area is 129 Å². The van der Waals surface area contributed by atoms with Gasteiger partial charge < -0.3 is 10.6 Å². The number of carbonyl (C=O) groups is 1. The summed E-state index contributed by atoms with van der Waals surface area (Å²) in [4.78, 5) is 18.7. The van der Waals surface area contributed by atoms with Gasteiger partial charge in [0, 0.05) is 18.5 Å². The van der Waals surface area contributed by atoms with Gasteiger partial charge in [-0.25, -0.2) is 4.98 Å². The molecule has 1 aromatic heterocycles. The molecule has 1 unspecified atom stereocenters. The molecule has 1 aromatic carbocycles. The standard InChI is InChI=1S/C16H21N3OS/c1-4-19(9-13-8-6-5-7-11(13)2)16(20)14-10-21-15(18-14)12(3)17/h5-8,10,12H,4,9,17H2,1-3H3. The number of amides is 1. The average Bonchev–Trinajstić information content (AvgIpc) is 2.96. The largest absolute Gasteiger partial charge is 0.333 e. The molecule has 0 aliphatic heterocycles. The highest BCUT2D eigenvalue weighted by atomic mass is 32.1. The monoisotopic (exact) mass is 303 g/mol. The zero-order valence-electron chi connectivity index (χ0n) is 12.7. The maximum atomic E-state index is 12.6. The molecule has 4 nitrogen and oxygen atoms in total. The van der Waals surface area contributed by atoms with E-state index in [1.54, 1.807) is 5.38 Å². The zero-order valence-corrected chi connectivity index (χ0v) is 13.5. The van der Waals surface area contributed by atoms with Gasteiger partial charge in [-0.1, -0.05) is 24.3 Å². The Kier molecular flexibility index (Phi) is 5.09. The van der Waals surface area contributed by atoms with E-state index in [1.807, 2.05) is 30.9 Å². The van der Waals surface area contributed by atoms with Crippen LogP contribution in [0, 0.1) is 6.92 Å². The van der Waals surface area contributed by atoms with Gasteiger partial charge in [0.05, 0.1) is 6.04 Å². The Morgan fingerprint density at radius 1 is 1.43 bits per heavy atom. The topological polar surface area (TPSA) is 59.2 Å². The van der Waals surface area contributed by atoms with E-state index in [-0.39, 0.29) is 11.9 Å². The van der Waals surface area contributed by atoms with E-state index in [1.165, 1.54) is 16.9 Å². The van der Waals surface area contributed by atoms with Crippen LogP contribution in [0.1, 0.15) is 46.5 Å². The molecule has 1 atom stereocenters. The number of benzene rings is 1. The predicted octanol–water partition coefficient (Wildman–Crippen LogP) is 3.13. The first-order chi connectivity index (χ1) is 10.0. The minimum Gasteiger partial charge on any atom is -0.333 e. The highest BCUT2D eigenvalue weighted by molar-refractivity contribution is 7.09. The highest BCUT2D eigenvalue weighted by Crippen LogP contribution is 2.18. The van der Waals surface area contributed by atoms with Crippen LogP contribution in [-0.2, 0) is 6.54 Å². The second-order valence-corrected chi connectivity index (χ2v) is 6.00. The fraction of sp³-hybridized carbons (Fsp3) is 0.375. The SMILES string of the molecule is CCN(Cc1ccccc1C)C(=O)c1csc(C(C)N)n1. The predicted molar refractivity (Wildman–Crippen MR) is 86.3 cm³/mol. The van der Waals surface area contributed by atoms with E-state index < -0.39 is 0 Å². The summed E-state index contributed by atoms with van der Waals surface area (Å²) in [6.45, 7) is 7.17. The first kappa shape index (κ1) is 15.7. The minimum atomic E-state index is -0.136. The van der Waals surface area contributed by atoms with Crippen molar-refractivity contribution < 1.29 is 4.79 Å². The van der Waals surface area contributed by atoms with Crippen molar-refractivity contribution in [2.75, 3.05) is 6.54 Å². The molecule has 112 valence electrons. The Hall–Kier alpha value is -1.72. The van der Waals surface area contributed by atoms with Crippen LogP contribution in [0.4, 0.5) is 0 Å². The van der Waals surface area contributed by atoms with Gasteiger partial charge in [-0.2, -0.15) is 0 Å². The minimum absolute atomic E-state index is 0.0381. The highest BCUT2D eigenvalue weighted by Gasteiger charge is 2.19. The third kappa shape index (κ3) is 3.68. The Morgan fingerprint density at radius 3 is 2.71 bits per heavy atom. The van der Waals surface area contributed by atoms with Crippen molar-refractivity contribution in [1.29, 1.82) is 0 Å². The Balaban J connectivity index is 2.16. The molecule has 0 bridgehead atoms. The number of carbonyl (C=O) groups excluding carboxylic acids is 1. The number of aromatic nitrogens is 1. The van der Waals surface area contributed by atoms with Gasteiger partial charge in [0.15, 0.2) is 0 Å². The van der Waals surface area contributed by atoms with Crippen LogP contribution in [0.5, 0.6) is 0 Å². The van der Waals surface area contributed by atoms with Gasteiger partial charge in [-0.05, 0) is 31.9 Å². The van der Waals surface area contributed by atoms with E-state index >= 15 is 0 Å². The summed E-state index contributed by atoms with van der Waals surface area (Å²) in [6, 6.07) is 7.98. The van der Waals surface area contributed by atoms with Gasteiger partial charge in [0.2, 0.25) is 0 Å². The van der Waals surface area contributed by atoms with E-state index in [2.05, 4.69) is 24.0 Å². The zero-order chi connectivity index (χ0) is 15.4. The second-order valence-electron chi connectivity index (χ2n) is 5.11. The molecule has 0 fully saturated rings. The van der Waals surface area contributed by atoms with Crippen LogP contribution in [0.25, 0.3) is 0 Å². The smallest absolute Gasteiger partial charge is 0.273 e. The third-order valence-corrected chi connectivity index (χ3v) is 4.47. The van der Waals surface area contributed by atoms with Crippen molar-refractivity contribution >= 4 is 17.2 Å². The summed E-state index contributed by atoms with van der Waals surface area (Å²) in [5.41, 5.74) is 8.65. The van der Waals surface area contributed by atoms with Crippen LogP contribution >= 0.6 is 11.3 Å². The number of nitrogens with two attached hydrogens (primary N) is 1. The summed E-state index contributed by atoms with van der Waals surface area (Å²) >= 11 is 1.44. The number of nitrogens with zero attached hydrogens (tertiary/aromatic N) is 2. The Bertz CT molecular complexity index is 621. The lowest BCUT2D eigenvalue weighted by Gasteiger charge is -2.21. The maximum Gasteiger partial charge on any atom is 0.273 e. The van der Waals surface area contributed by atoms with Crippen molar-refractivity contribution in [3.8, 4) is 0 Å². The summed E-state index contributed by atoms with van der Waals surface area (Å²) in [5, 5.41) is 2.59. The number of hydrogen-bond acceptors (Lipinski definition) is 4. The van der Waals surface area contributed by atoms with Crippen LogP contribution in [0.2, 0.25) is 0 Å². The summed E-state index contributed by atoms with van der Waals surface area (Å²) in [7, 11) is 0. The van der Waals surface area contributed by atoms with Crippen molar-refractivity contribution in [3.63, 3.8) is 0 Å². The molecule has 0 aliphatic rings. The lowest BCUT2D eigenvalue weighted by atomic mass is 10.1. The van der Waals surface area contributed by atoms with Crippen LogP contribution in [0.15, 0.2) is 29.6 Å². The molecule has 2 N–H and O–H groups in total. The number of hydrogen-bond donors (Lipinski definition) is 1. The molecule has 1 amide bonds. The molecule has 2 aromatic rings. The van der Waals surface area contributed by atoms with Crippen LogP contribution in [-0.4, -0.2) is 22.3 Å². The summed E-state index contributed by atoms with van der Waals surface area (Å²) in [6.07, 6.45) is 0. The summed E-state index contributed by atoms with van der Waals surface area (Å²) < 4.78 is 0. The van der Waals surface area contributed by atoms with Crippen molar-refractivity contribution in [2.45, 2.75) is 33.4 Å². The van der Waals surface area contributed by atoms with Gasteiger partial charge in [0.25, 0.3) is 5.91 Å². The maximum absolute atomic E-state index is 12.6. The second kappa shape index (κ2) is 6.83. The van der Waals surface area contributed by atoms with E-state index in [0.29, 0.717) is 18.8 Å². The van der Waals surface area contributed by atoms with Crippen molar-refractivity contribution in [3.05, 3.63) is 51.5 Å².